The first-order chi connectivity index (χ1) is 58.4. The topological polar surface area (TPSA) is 0 Å². The van der Waals surface area contributed by atoms with E-state index < -0.39 is 0 Å². The third kappa shape index (κ3) is 11.2. The maximum absolute atomic E-state index is 2.37. The highest BCUT2D eigenvalue weighted by atomic mass is 14.3. The van der Waals surface area contributed by atoms with Gasteiger partial charge in [-0.1, -0.05) is 358 Å². The highest BCUT2D eigenvalue weighted by Gasteiger charge is 2.27. The lowest BCUT2D eigenvalue weighted by atomic mass is 9.92. The summed E-state index contributed by atoms with van der Waals surface area (Å²) in [5.41, 5.74) is 33.7. The Bertz CT molecular complexity index is 8060. The summed E-state index contributed by atoms with van der Waals surface area (Å²) < 4.78 is 0. The molecular weight excluding hydrogens is 1420 g/mol. The summed E-state index contributed by atoms with van der Waals surface area (Å²) in [5, 5.41) is 25.9. The quantitative estimate of drug-likeness (QED) is 0.149. The Balaban J connectivity index is 0.000000103. The molecule has 0 saturated carbocycles. The molecule has 3 aliphatic carbocycles. The average molecular weight is 1490 g/mol. The highest BCUT2D eigenvalue weighted by Crippen LogP contribution is 2.54. The molecule has 0 amide bonds. The zero-order valence-corrected chi connectivity index (χ0v) is 64.6. The van der Waals surface area contributed by atoms with Gasteiger partial charge in [-0.25, -0.2) is 0 Å². The van der Waals surface area contributed by atoms with Crippen molar-refractivity contribution < 1.29 is 0 Å². The molecule has 0 fully saturated rings. The van der Waals surface area contributed by atoms with Gasteiger partial charge in [-0.15, -0.1) is 0 Å². The average Bonchev–Trinajstić information content (AvgIpc) is 1.58. The van der Waals surface area contributed by atoms with Crippen LogP contribution >= 0.6 is 0 Å². The Hall–Kier alpha value is -15.3. The first-order valence-corrected chi connectivity index (χ1v) is 41.0. The van der Waals surface area contributed by atoms with Crippen molar-refractivity contribution in [3.63, 3.8) is 0 Å². The maximum Gasteiger partial charge on any atom is -0.00201 e. The van der Waals surface area contributed by atoms with E-state index in [0.29, 0.717) is 0 Å². The predicted molar refractivity (Wildman–Crippen MR) is 506 cm³/mol. The lowest BCUT2D eigenvalue weighted by molar-refractivity contribution is 1.62. The zero-order chi connectivity index (χ0) is 77.5. The van der Waals surface area contributed by atoms with E-state index in [-0.39, 0.29) is 0 Å². The molecule has 0 heterocycles. The Morgan fingerprint density at radius 3 is 0.593 bits per heavy atom. The lowest BCUT2D eigenvalue weighted by Crippen LogP contribution is -1.86. The Kier molecular flexibility index (Phi) is 15.5. The van der Waals surface area contributed by atoms with E-state index >= 15 is 0 Å². The molecule has 3 aliphatic rings. The van der Waals surface area contributed by atoms with Gasteiger partial charge >= 0.3 is 0 Å². The molecule has 118 heavy (non-hydrogen) atoms. The van der Waals surface area contributed by atoms with Crippen LogP contribution in [0.5, 0.6) is 0 Å². The van der Waals surface area contributed by atoms with Crippen LogP contribution < -0.4 is 0 Å². The molecule has 0 nitrogen and oxygen atoms in total. The monoisotopic (exact) mass is 1490 g/mol. The maximum atomic E-state index is 2.37. The Morgan fingerprint density at radius 1 is 0.0847 bits per heavy atom. The lowest BCUT2D eigenvalue weighted by Gasteiger charge is -2.12. The van der Waals surface area contributed by atoms with Crippen molar-refractivity contribution in [1.82, 2.24) is 0 Å². The van der Waals surface area contributed by atoms with Crippen LogP contribution in [0.3, 0.4) is 0 Å². The van der Waals surface area contributed by atoms with Crippen molar-refractivity contribution >= 4 is 108 Å². The molecule has 0 unspecified atom stereocenters. The summed E-state index contributed by atoms with van der Waals surface area (Å²) in [7, 11) is 0. The van der Waals surface area contributed by atoms with Gasteiger partial charge in [0.15, 0.2) is 0 Å². The van der Waals surface area contributed by atoms with Crippen LogP contribution in [0.2, 0.25) is 0 Å². The van der Waals surface area contributed by atoms with Gasteiger partial charge in [0, 0.05) is 0 Å². The summed E-state index contributed by atoms with van der Waals surface area (Å²) in [5.74, 6) is 0. The van der Waals surface area contributed by atoms with Gasteiger partial charge in [0.25, 0.3) is 0 Å². The summed E-state index contributed by atoms with van der Waals surface area (Å²) in [6.45, 7) is 0. The van der Waals surface area contributed by atoms with Gasteiger partial charge in [-0.05, 0) is 331 Å². The van der Waals surface area contributed by atoms with Crippen LogP contribution in [0.1, 0.15) is 0 Å². The van der Waals surface area contributed by atoms with E-state index in [1.807, 2.05) is 0 Å². The molecule has 23 aromatic rings. The zero-order valence-electron chi connectivity index (χ0n) is 64.6. The van der Waals surface area contributed by atoms with E-state index in [9.17, 15) is 0 Å². The predicted octanol–water partition coefficient (Wildman–Crippen LogP) is 33.2. The van der Waals surface area contributed by atoms with E-state index in [1.165, 1.54) is 252 Å². The van der Waals surface area contributed by atoms with Crippen molar-refractivity contribution in [3.8, 4) is 145 Å². The number of rotatable bonds is 7. The number of fused-ring (bicyclic) bond motifs is 16. The van der Waals surface area contributed by atoms with Gasteiger partial charge in [0.2, 0.25) is 0 Å². The summed E-state index contributed by atoms with van der Waals surface area (Å²) in [4.78, 5) is 0. The van der Waals surface area contributed by atoms with E-state index in [0.717, 1.165) is 0 Å². The molecule has 0 aromatic heterocycles. The molecular formula is C118H72. The van der Waals surface area contributed by atoms with Crippen molar-refractivity contribution in [2.24, 2.45) is 0 Å². The number of hydrogen-bond acceptors (Lipinski definition) is 0. The molecule has 0 heteroatoms. The molecule has 0 N–H and O–H groups in total. The SMILES string of the molecule is c1cc(-c2ccc3cc(-c4ccc5ccccc5c4)ccc3c2)cc(-c2ccc3c4c(cccc24)-c2cc4ccccc4cc2-3)c1.c1cc(-c2ccc3cc(-c4ccc5ccccc5c4)ccc3c2)cc(-c2ccc3c4c(cccc24)-c2ccccc2-3)c1.c1ccc2cc(-c3ccc4c5c(cccc35)-c3cc5ccccc5cc3-4)ccc2c1. The van der Waals surface area contributed by atoms with E-state index in [1.54, 1.807) is 0 Å². The standard InChI is InChI=1S/C46H28.C42H26.C30H18/c1-2-8-30-23-35(16-15-29(30)7-1)37-20-19-36-24-34(17-18-38(36)25-37)31-11-5-12-39(26-31)40-21-22-43-45-28-33-10-4-3-9-32(33)27-44(45)42-14-6-13-41(40)46(42)43;1-2-8-28-23-31(16-15-27(28)7-1)33-20-19-32-24-30(17-18-34(32)25-33)29-9-5-10-35(26-29)36-21-22-41-38-12-4-3-11-37(38)40-14-6-13-39(36)42(40)41;1-2-7-20-16-23(13-12-19(20)6-1)24-14-15-27-29-18-22-9-4-3-8-21(22)17-28(29)26-11-5-10-25(24)30(26)27/h1-28H;1-26H;1-18H. The Labute approximate surface area is 684 Å². The summed E-state index contributed by atoms with van der Waals surface area (Å²) >= 11 is 0. The largest absolute Gasteiger partial charge is 0.0616 e. The van der Waals surface area contributed by atoms with Crippen LogP contribution in [0, 0.1) is 0 Å². The second kappa shape index (κ2) is 27.2. The third-order valence-corrected chi connectivity index (χ3v) is 25.5. The minimum atomic E-state index is 1.23. The molecule has 0 spiro atoms. The molecule has 26 rings (SSSR count). The van der Waals surface area contributed by atoms with E-state index in [2.05, 4.69) is 437 Å². The van der Waals surface area contributed by atoms with Crippen LogP contribution in [0.4, 0.5) is 0 Å². The van der Waals surface area contributed by atoms with Gasteiger partial charge in [-0.3, -0.25) is 0 Å². The molecule has 0 aliphatic heterocycles. The fourth-order valence-corrected chi connectivity index (χ4v) is 19.7. The minimum Gasteiger partial charge on any atom is -0.0616 e. The van der Waals surface area contributed by atoms with Crippen molar-refractivity contribution in [1.29, 1.82) is 0 Å². The molecule has 0 atom stereocenters. The van der Waals surface area contributed by atoms with Crippen LogP contribution in [0.25, 0.3) is 252 Å². The molecule has 0 saturated heterocycles. The van der Waals surface area contributed by atoms with Gasteiger partial charge in [0.1, 0.15) is 0 Å². The molecule has 0 bridgehead atoms. The van der Waals surface area contributed by atoms with Crippen LogP contribution in [-0.2, 0) is 0 Å². The fraction of sp³-hybridized carbons (Fsp3) is 0. The summed E-state index contributed by atoms with van der Waals surface area (Å²) in [6.07, 6.45) is 0. The highest BCUT2D eigenvalue weighted by molar-refractivity contribution is 6.23. The fourth-order valence-electron chi connectivity index (χ4n) is 19.7. The van der Waals surface area contributed by atoms with Crippen molar-refractivity contribution in [2.45, 2.75) is 0 Å². The minimum absolute atomic E-state index is 1.23. The summed E-state index contributed by atoms with van der Waals surface area (Å²) in [6, 6.07) is 161. The van der Waals surface area contributed by atoms with Crippen molar-refractivity contribution in [3.05, 3.63) is 437 Å². The Morgan fingerprint density at radius 2 is 0.271 bits per heavy atom. The van der Waals surface area contributed by atoms with Gasteiger partial charge in [0.05, 0.1) is 0 Å². The second-order valence-corrected chi connectivity index (χ2v) is 32.1. The number of hydrogen-bond donors (Lipinski definition) is 0. The smallest absolute Gasteiger partial charge is 0.00201 e. The van der Waals surface area contributed by atoms with Crippen molar-refractivity contribution in [2.75, 3.05) is 0 Å². The van der Waals surface area contributed by atoms with Gasteiger partial charge in [-0.2, -0.15) is 0 Å². The first-order valence-electron chi connectivity index (χ1n) is 41.0. The van der Waals surface area contributed by atoms with E-state index in [4.69, 9.17) is 0 Å². The second-order valence-electron chi connectivity index (χ2n) is 32.1. The molecule has 23 aromatic carbocycles. The van der Waals surface area contributed by atoms with Crippen LogP contribution in [0.15, 0.2) is 437 Å². The molecule has 0 radical (unpaired) electrons. The number of benzene rings is 23. The molecule has 544 valence electrons. The van der Waals surface area contributed by atoms with Crippen LogP contribution in [-0.4, -0.2) is 0 Å². The van der Waals surface area contributed by atoms with Gasteiger partial charge < -0.3 is 0 Å². The normalized spacial score (nSPS) is 11.9. The first kappa shape index (κ1) is 67.2. The third-order valence-electron chi connectivity index (χ3n) is 25.5.